The number of hydrogen-bond donors (Lipinski definition) is 1. The normalized spacial score (nSPS) is 21.5. The van der Waals surface area contributed by atoms with Gasteiger partial charge in [-0.2, -0.15) is 0 Å². The number of halogens is 1. The number of anilines is 1. The maximum atomic E-state index is 12.3. The lowest BCUT2D eigenvalue weighted by atomic mass is 9.88. The van der Waals surface area contributed by atoms with E-state index in [9.17, 15) is 4.79 Å². The van der Waals surface area contributed by atoms with E-state index in [4.69, 9.17) is 11.6 Å². The van der Waals surface area contributed by atoms with Crippen LogP contribution in [0.4, 0.5) is 5.82 Å². The van der Waals surface area contributed by atoms with E-state index in [-0.39, 0.29) is 11.0 Å². The van der Waals surface area contributed by atoms with E-state index in [0.29, 0.717) is 17.7 Å². The molecular weight excluding hydrogens is 262 g/mol. The monoisotopic (exact) mass is 281 g/mol. The SMILES string of the molecule is O=c1c(NCC2(CCl)CCCC2)nccn1C1CC1. The van der Waals surface area contributed by atoms with Crippen LogP contribution in [0.25, 0.3) is 0 Å². The highest BCUT2D eigenvalue weighted by Gasteiger charge is 2.33. The van der Waals surface area contributed by atoms with E-state index in [1.807, 2.05) is 0 Å². The molecule has 0 unspecified atom stereocenters. The number of alkyl halides is 1. The van der Waals surface area contributed by atoms with Crippen molar-refractivity contribution in [3.05, 3.63) is 22.7 Å². The highest BCUT2D eigenvalue weighted by molar-refractivity contribution is 6.18. The number of hydrogen-bond acceptors (Lipinski definition) is 3. The Morgan fingerprint density at radius 2 is 2.16 bits per heavy atom. The lowest BCUT2D eigenvalue weighted by Crippen LogP contribution is -2.32. The van der Waals surface area contributed by atoms with E-state index >= 15 is 0 Å². The fourth-order valence-corrected chi connectivity index (χ4v) is 3.30. The second kappa shape index (κ2) is 5.16. The summed E-state index contributed by atoms with van der Waals surface area (Å²) in [5, 5.41) is 3.24. The Kier molecular flexibility index (Phi) is 3.52. The van der Waals surface area contributed by atoms with Crippen molar-refractivity contribution in [2.75, 3.05) is 17.7 Å². The standard InChI is InChI=1S/C14H20ClN3O/c15-9-14(5-1-2-6-14)10-17-12-13(19)18(8-7-16-12)11-3-4-11/h7-8,11H,1-6,9-10H2,(H,16,17). The zero-order valence-electron chi connectivity index (χ0n) is 11.1. The maximum Gasteiger partial charge on any atom is 0.293 e. The third-order valence-electron chi connectivity index (χ3n) is 4.39. The summed E-state index contributed by atoms with van der Waals surface area (Å²) in [5.41, 5.74) is 0.156. The molecule has 0 radical (unpaired) electrons. The Bertz CT molecular complexity index is 504. The van der Waals surface area contributed by atoms with Gasteiger partial charge in [0.2, 0.25) is 0 Å². The molecule has 0 amide bonds. The molecule has 0 bridgehead atoms. The van der Waals surface area contributed by atoms with Crippen molar-refractivity contribution in [2.45, 2.75) is 44.6 Å². The van der Waals surface area contributed by atoms with Crippen LogP contribution in [0.15, 0.2) is 17.2 Å². The van der Waals surface area contributed by atoms with E-state index in [1.54, 1.807) is 17.0 Å². The fraction of sp³-hybridized carbons (Fsp3) is 0.714. The van der Waals surface area contributed by atoms with Gasteiger partial charge in [0.1, 0.15) is 0 Å². The first-order valence-corrected chi connectivity index (χ1v) is 7.65. The van der Waals surface area contributed by atoms with Crippen molar-refractivity contribution in [3.8, 4) is 0 Å². The molecule has 104 valence electrons. The van der Waals surface area contributed by atoms with Gasteiger partial charge in [-0.3, -0.25) is 4.79 Å². The molecule has 2 aliphatic carbocycles. The highest BCUT2D eigenvalue weighted by Crippen LogP contribution is 2.39. The zero-order valence-corrected chi connectivity index (χ0v) is 11.8. The Hall–Kier alpha value is -1.03. The van der Waals surface area contributed by atoms with E-state index in [0.717, 1.165) is 32.2 Å². The van der Waals surface area contributed by atoms with Gasteiger partial charge < -0.3 is 9.88 Å². The Balaban J connectivity index is 1.73. The molecule has 1 heterocycles. The van der Waals surface area contributed by atoms with Crippen molar-refractivity contribution in [2.24, 2.45) is 5.41 Å². The van der Waals surface area contributed by atoms with Gasteiger partial charge in [-0.25, -0.2) is 4.98 Å². The van der Waals surface area contributed by atoms with Gasteiger partial charge in [-0.15, -0.1) is 11.6 Å². The van der Waals surface area contributed by atoms with Crippen LogP contribution in [-0.4, -0.2) is 22.0 Å². The van der Waals surface area contributed by atoms with E-state index in [2.05, 4.69) is 10.3 Å². The molecule has 0 aliphatic heterocycles. The van der Waals surface area contributed by atoms with Crippen LogP contribution in [0.3, 0.4) is 0 Å². The number of rotatable bonds is 5. The van der Waals surface area contributed by atoms with Gasteiger partial charge in [0.25, 0.3) is 5.56 Å². The van der Waals surface area contributed by atoms with Crippen LogP contribution in [-0.2, 0) is 0 Å². The molecule has 0 spiro atoms. The summed E-state index contributed by atoms with van der Waals surface area (Å²) in [6.45, 7) is 0.757. The molecule has 0 aromatic carbocycles. The maximum absolute atomic E-state index is 12.3. The summed E-state index contributed by atoms with van der Waals surface area (Å²) in [6.07, 6.45) is 10.5. The molecule has 0 atom stereocenters. The predicted octanol–water partition coefficient (Wildman–Crippen LogP) is 2.79. The highest BCUT2D eigenvalue weighted by atomic mass is 35.5. The number of aromatic nitrogens is 2. The van der Waals surface area contributed by atoms with Crippen LogP contribution in [0.2, 0.25) is 0 Å². The second-order valence-electron chi connectivity index (χ2n) is 5.91. The van der Waals surface area contributed by atoms with Crippen LogP contribution >= 0.6 is 11.6 Å². The third kappa shape index (κ3) is 2.64. The second-order valence-corrected chi connectivity index (χ2v) is 6.18. The lowest BCUT2D eigenvalue weighted by molar-refractivity contribution is 0.368. The first kappa shape index (κ1) is 13.0. The molecule has 2 fully saturated rings. The Morgan fingerprint density at radius 3 is 2.79 bits per heavy atom. The number of nitrogens with zero attached hydrogens (tertiary/aromatic N) is 2. The predicted molar refractivity (Wildman–Crippen MR) is 76.9 cm³/mol. The van der Waals surface area contributed by atoms with Gasteiger partial charge in [-0.05, 0) is 25.7 Å². The summed E-state index contributed by atoms with van der Waals surface area (Å²) in [7, 11) is 0. The molecule has 2 saturated carbocycles. The average Bonchev–Trinajstić information content (AvgIpc) is 3.16. The van der Waals surface area contributed by atoms with Gasteiger partial charge in [0.15, 0.2) is 5.82 Å². The topological polar surface area (TPSA) is 46.9 Å². The summed E-state index contributed by atoms with van der Waals surface area (Å²) < 4.78 is 1.80. The summed E-state index contributed by atoms with van der Waals surface area (Å²) in [6, 6.07) is 0.393. The van der Waals surface area contributed by atoms with Crippen LogP contribution < -0.4 is 10.9 Å². The molecule has 5 heteroatoms. The molecule has 3 rings (SSSR count). The third-order valence-corrected chi connectivity index (χ3v) is 4.95. The van der Waals surface area contributed by atoms with Crippen molar-refractivity contribution in [1.82, 2.24) is 9.55 Å². The summed E-state index contributed by atoms with van der Waals surface area (Å²) in [4.78, 5) is 16.4. The van der Waals surface area contributed by atoms with Crippen molar-refractivity contribution >= 4 is 17.4 Å². The minimum atomic E-state index is 0.00715. The van der Waals surface area contributed by atoms with Crippen LogP contribution in [0.1, 0.15) is 44.6 Å². The van der Waals surface area contributed by atoms with Crippen LogP contribution in [0, 0.1) is 5.41 Å². The van der Waals surface area contributed by atoms with Crippen LogP contribution in [0.5, 0.6) is 0 Å². The first-order valence-electron chi connectivity index (χ1n) is 7.11. The molecule has 1 N–H and O–H groups in total. The van der Waals surface area contributed by atoms with E-state index in [1.165, 1.54) is 12.8 Å². The van der Waals surface area contributed by atoms with Gasteiger partial charge in [0, 0.05) is 36.3 Å². The van der Waals surface area contributed by atoms with Gasteiger partial charge in [0.05, 0.1) is 0 Å². The fourth-order valence-electron chi connectivity index (χ4n) is 2.94. The molecule has 4 nitrogen and oxygen atoms in total. The number of nitrogens with one attached hydrogen (secondary N) is 1. The minimum Gasteiger partial charge on any atom is -0.365 e. The molecule has 1 aromatic heterocycles. The smallest absolute Gasteiger partial charge is 0.293 e. The zero-order chi connectivity index (χ0) is 13.3. The minimum absolute atomic E-state index is 0.00715. The molecule has 0 saturated heterocycles. The van der Waals surface area contributed by atoms with Gasteiger partial charge >= 0.3 is 0 Å². The lowest BCUT2D eigenvalue weighted by Gasteiger charge is -2.26. The molecule has 1 aromatic rings. The van der Waals surface area contributed by atoms with Crippen molar-refractivity contribution < 1.29 is 0 Å². The molecule has 2 aliphatic rings. The molecule has 19 heavy (non-hydrogen) atoms. The average molecular weight is 282 g/mol. The summed E-state index contributed by atoms with van der Waals surface area (Å²) in [5.74, 6) is 1.13. The quantitative estimate of drug-likeness (QED) is 0.844. The van der Waals surface area contributed by atoms with Gasteiger partial charge in [-0.1, -0.05) is 12.8 Å². The largest absolute Gasteiger partial charge is 0.365 e. The van der Waals surface area contributed by atoms with Crippen molar-refractivity contribution in [1.29, 1.82) is 0 Å². The van der Waals surface area contributed by atoms with E-state index < -0.39 is 0 Å². The first-order chi connectivity index (χ1) is 9.24. The Labute approximate surface area is 118 Å². The molecular formula is C14H20ClN3O. The summed E-state index contributed by atoms with van der Waals surface area (Å²) >= 11 is 6.12. The van der Waals surface area contributed by atoms with Crippen molar-refractivity contribution in [3.63, 3.8) is 0 Å². The Morgan fingerprint density at radius 1 is 1.42 bits per heavy atom.